The van der Waals surface area contributed by atoms with Crippen LogP contribution in [0, 0.1) is 0 Å². The number of nitrogens with zero attached hydrogens (tertiary/aromatic N) is 3. The van der Waals surface area contributed by atoms with E-state index in [0.29, 0.717) is 12.1 Å². The van der Waals surface area contributed by atoms with Gasteiger partial charge in [0, 0.05) is 10.0 Å². The number of halogens is 1. The van der Waals surface area contributed by atoms with Crippen molar-refractivity contribution in [3.63, 3.8) is 0 Å². The van der Waals surface area contributed by atoms with E-state index in [4.69, 9.17) is 4.98 Å². The summed E-state index contributed by atoms with van der Waals surface area (Å²) in [5, 5.41) is 14.5. The second kappa shape index (κ2) is 9.80. The van der Waals surface area contributed by atoms with E-state index in [0.717, 1.165) is 26.2 Å². The molecule has 1 amide bonds. The SMILES string of the molecule is O=C(CSc1nc2ccccc2n1Cc1ccccc1)N/N=C/c1cc(Br)ccc1O. The third-order valence-electron chi connectivity index (χ3n) is 4.52. The van der Waals surface area contributed by atoms with Gasteiger partial charge in [-0.2, -0.15) is 5.10 Å². The largest absolute Gasteiger partial charge is 0.507 e. The average molecular weight is 495 g/mol. The van der Waals surface area contributed by atoms with Crippen molar-refractivity contribution in [1.82, 2.24) is 15.0 Å². The van der Waals surface area contributed by atoms with Crippen molar-refractivity contribution in [2.45, 2.75) is 11.7 Å². The number of hydrogen-bond acceptors (Lipinski definition) is 5. The number of thioether (sulfide) groups is 1. The Labute approximate surface area is 192 Å². The fraction of sp³-hybridized carbons (Fsp3) is 0.0870. The lowest BCUT2D eigenvalue weighted by Crippen LogP contribution is -2.20. The van der Waals surface area contributed by atoms with Crippen LogP contribution in [0.5, 0.6) is 5.75 Å². The monoisotopic (exact) mass is 494 g/mol. The zero-order chi connectivity index (χ0) is 21.6. The third kappa shape index (κ3) is 5.34. The van der Waals surface area contributed by atoms with Gasteiger partial charge in [-0.3, -0.25) is 4.79 Å². The number of aromatic nitrogens is 2. The molecular weight excluding hydrogens is 476 g/mol. The second-order valence-corrected chi connectivity index (χ2v) is 8.60. The van der Waals surface area contributed by atoms with E-state index in [1.807, 2.05) is 42.5 Å². The number of aromatic hydroxyl groups is 1. The van der Waals surface area contributed by atoms with E-state index < -0.39 is 0 Å². The van der Waals surface area contributed by atoms with Gasteiger partial charge in [-0.15, -0.1) is 0 Å². The van der Waals surface area contributed by atoms with Gasteiger partial charge in [0.25, 0.3) is 5.91 Å². The molecule has 0 aliphatic heterocycles. The lowest BCUT2D eigenvalue weighted by Gasteiger charge is -2.09. The van der Waals surface area contributed by atoms with Gasteiger partial charge < -0.3 is 9.67 Å². The first kappa shape index (κ1) is 21.1. The van der Waals surface area contributed by atoms with Crippen molar-refractivity contribution >= 4 is 50.8 Å². The molecular formula is C23H19BrN4O2S. The Bertz CT molecular complexity index is 1240. The molecule has 0 aliphatic carbocycles. The Hall–Kier alpha value is -3.10. The maximum Gasteiger partial charge on any atom is 0.250 e. The molecule has 6 nitrogen and oxygen atoms in total. The minimum Gasteiger partial charge on any atom is -0.507 e. The number of hydrazone groups is 1. The zero-order valence-electron chi connectivity index (χ0n) is 16.4. The van der Waals surface area contributed by atoms with E-state index in [1.165, 1.54) is 18.0 Å². The van der Waals surface area contributed by atoms with Crippen LogP contribution in [0.15, 0.2) is 87.5 Å². The van der Waals surface area contributed by atoms with E-state index in [9.17, 15) is 9.90 Å². The topological polar surface area (TPSA) is 79.5 Å². The summed E-state index contributed by atoms with van der Waals surface area (Å²) >= 11 is 4.70. The van der Waals surface area contributed by atoms with Gasteiger partial charge in [0.15, 0.2) is 5.16 Å². The summed E-state index contributed by atoms with van der Waals surface area (Å²) in [5.74, 6) is -0.000769. The zero-order valence-corrected chi connectivity index (χ0v) is 18.8. The molecule has 2 N–H and O–H groups in total. The molecule has 0 saturated carbocycles. The van der Waals surface area contributed by atoms with Crippen molar-refractivity contribution in [1.29, 1.82) is 0 Å². The van der Waals surface area contributed by atoms with Crippen LogP contribution in [0.2, 0.25) is 0 Å². The summed E-state index contributed by atoms with van der Waals surface area (Å²) < 4.78 is 2.93. The molecule has 8 heteroatoms. The number of phenolic OH excluding ortho intramolecular Hbond substituents is 1. The van der Waals surface area contributed by atoms with Crippen molar-refractivity contribution in [3.05, 3.63) is 88.4 Å². The lowest BCUT2D eigenvalue weighted by atomic mass is 10.2. The van der Waals surface area contributed by atoms with Gasteiger partial charge in [0.1, 0.15) is 5.75 Å². The summed E-state index contributed by atoms with van der Waals surface area (Å²) in [6, 6.07) is 23.1. The number of para-hydroxylation sites is 2. The van der Waals surface area contributed by atoms with Crippen LogP contribution in [0.3, 0.4) is 0 Å². The van der Waals surface area contributed by atoms with E-state index in [2.05, 4.69) is 43.2 Å². The van der Waals surface area contributed by atoms with Crippen LogP contribution in [0.1, 0.15) is 11.1 Å². The second-order valence-electron chi connectivity index (χ2n) is 6.74. The van der Waals surface area contributed by atoms with Crippen LogP contribution in [-0.4, -0.2) is 32.5 Å². The maximum absolute atomic E-state index is 12.3. The summed E-state index contributed by atoms with van der Waals surface area (Å²) in [6.45, 7) is 0.672. The van der Waals surface area contributed by atoms with Gasteiger partial charge in [0.05, 0.1) is 29.5 Å². The molecule has 31 heavy (non-hydrogen) atoms. The molecule has 0 bridgehead atoms. The number of phenols is 1. The highest BCUT2D eigenvalue weighted by Gasteiger charge is 2.13. The van der Waals surface area contributed by atoms with E-state index in [1.54, 1.807) is 18.2 Å². The van der Waals surface area contributed by atoms with Crippen LogP contribution >= 0.6 is 27.7 Å². The average Bonchev–Trinajstić information content (AvgIpc) is 3.13. The molecule has 0 unspecified atom stereocenters. The summed E-state index contributed by atoms with van der Waals surface area (Å²) in [5.41, 5.74) is 6.08. The van der Waals surface area contributed by atoms with Crippen molar-refractivity contribution in [2.24, 2.45) is 5.10 Å². The van der Waals surface area contributed by atoms with Crippen LogP contribution < -0.4 is 5.43 Å². The highest BCUT2D eigenvalue weighted by atomic mass is 79.9. The number of hydrogen-bond donors (Lipinski definition) is 2. The van der Waals surface area contributed by atoms with Crippen LogP contribution in [0.4, 0.5) is 0 Å². The van der Waals surface area contributed by atoms with Crippen LogP contribution in [-0.2, 0) is 11.3 Å². The Morgan fingerprint density at radius 2 is 1.90 bits per heavy atom. The first-order chi connectivity index (χ1) is 15.1. The van der Waals surface area contributed by atoms with Crippen LogP contribution in [0.25, 0.3) is 11.0 Å². The van der Waals surface area contributed by atoms with Crippen molar-refractivity contribution < 1.29 is 9.90 Å². The molecule has 3 aromatic carbocycles. The Morgan fingerprint density at radius 3 is 2.74 bits per heavy atom. The number of fused-ring (bicyclic) bond motifs is 1. The first-order valence-corrected chi connectivity index (χ1v) is 11.3. The van der Waals surface area contributed by atoms with Crippen molar-refractivity contribution in [2.75, 3.05) is 5.75 Å². The lowest BCUT2D eigenvalue weighted by molar-refractivity contribution is -0.118. The smallest absolute Gasteiger partial charge is 0.250 e. The number of imidazole rings is 1. The quantitative estimate of drug-likeness (QED) is 0.220. The molecule has 0 aliphatic rings. The first-order valence-electron chi connectivity index (χ1n) is 9.52. The van der Waals surface area contributed by atoms with Gasteiger partial charge in [-0.05, 0) is 35.9 Å². The number of carbonyl (C=O) groups excluding carboxylic acids is 1. The molecule has 0 fully saturated rings. The summed E-state index contributed by atoms with van der Waals surface area (Å²) in [7, 11) is 0. The molecule has 1 heterocycles. The Kier molecular flexibility index (Phi) is 6.69. The molecule has 1 aromatic heterocycles. The number of benzene rings is 3. The van der Waals surface area contributed by atoms with E-state index >= 15 is 0 Å². The predicted molar refractivity (Wildman–Crippen MR) is 128 cm³/mol. The van der Waals surface area contributed by atoms with Crippen molar-refractivity contribution in [3.8, 4) is 5.75 Å². The standard InChI is InChI=1S/C23H19BrN4O2S/c24-18-10-11-21(29)17(12-18)13-25-27-22(30)15-31-23-26-19-8-4-5-9-20(19)28(23)14-16-6-2-1-3-7-16/h1-13,29H,14-15H2,(H,27,30)/b25-13+. The predicted octanol–water partition coefficient (Wildman–Crippen LogP) is 4.80. The Morgan fingerprint density at radius 1 is 1.13 bits per heavy atom. The third-order valence-corrected chi connectivity index (χ3v) is 5.99. The fourth-order valence-electron chi connectivity index (χ4n) is 3.05. The molecule has 4 aromatic rings. The minimum absolute atomic E-state index is 0.0882. The summed E-state index contributed by atoms with van der Waals surface area (Å²) in [4.78, 5) is 17.0. The molecule has 0 spiro atoms. The minimum atomic E-state index is -0.256. The molecule has 0 saturated heterocycles. The highest BCUT2D eigenvalue weighted by Crippen LogP contribution is 2.25. The molecule has 4 rings (SSSR count). The van der Waals surface area contributed by atoms with E-state index in [-0.39, 0.29) is 17.4 Å². The van der Waals surface area contributed by atoms with Gasteiger partial charge >= 0.3 is 0 Å². The number of amides is 1. The summed E-state index contributed by atoms with van der Waals surface area (Å²) in [6.07, 6.45) is 1.41. The number of rotatable bonds is 7. The van der Waals surface area contributed by atoms with Gasteiger partial charge in [-0.25, -0.2) is 10.4 Å². The Balaban J connectivity index is 1.44. The molecule has 0 radical (unpaired) electrons. The van der Waals surface area contributed by atoms with Gasteiger partial charge in [0.2, 0.25) is 0 Å². The molecule has 0 atom stereocenters. The normalized spacial score (nSPS) is 11.3. The fourth-order valence-corrected chi connectivity index (χ4v) is 4.23. The number of carbonyl (C=O) groups is 1. The maximum atomic E-state index is 12.3. The number of nitrogens with one attached hydrogen (secondary N) is 1. The molecule has 156 valence electrons. The van der Waals surface area contributed by atoms with Gasteiger partial charge in [-0.1, -0.05) is 70.2 Å². The highest BCUT2D eigenvalue weighted by molar-refractivity contribution is 9.10.